The minimum absolute atomic E-state index is 0.201. The summed E-state index contributed by atoms with van der Waals surface area (Å²) in [4.78, 5) is 12.0. The maximum Gasteiger partial charge on any atom is 0.258 e. The van der Waals surface area contributed by atoms with Gasteiger partial charge in [-0.25, -0.2) is 4.68 Å². The van der Waals surface area contributed by atoms with Crippen molar-refractivity contribution < 1.29 is 4.79 Å². The van der Waals surface area contributed by atoms with Gasteiger partial charge >= 0.3 is 0 Å². The van der Waals surface area contributed by atoms with E-state index in [1.807, 2.05) is 32.0 Å². The second kappa shape index (κ2) is 4.73. The van der Waals surface area contributed by atoms with Crippen LogP contribution in [0, 0.1) is 6.92 Å². The summed E-state index contributed by atoms with van der Waals surface area (Å²) in [5, 5.41) is 13.7. The molecule has 1 amide bonds. The third kappa shape index (κ3) is 2.30. The van der Waals surface area contributed by atoms with Crippen molar-refractivity contribution in [1.29, 1.82) is 0 Å². The van der Waals surface area contributed by atoms with E-state index < -0.39 is 0 Å². The second-order valence-corrected chi connectivity index (χ2v) is 3.59. The van der Waals surface area contributed by atoms with Gasteiger partial charge in [-0.3, -0.25) is 10.1 Å². The van der Waals surface area contributed by atoms with Gasteiger partial charge < -0.3 is 0 Å². The maximum atomic E-state index is 12.0. The zero-order valence-electron chi connectivity index (χ0n) is 9.71. The van der Waals surface area contributed by atoms with Gasteiger partial charge in [-0.05, 0) is 35.9 Å². The molecule has 0 spiro atoms. The van der Waals surface area contributed by atoms with Crippen molar-refractivity contribution >= 4 is 11.9 Å². The molecule has 1 N–H and O–H groups in total. The molecular formula is C11H13N5O. The van der Waals surface area contributed by atoms with Crippen LogP contribution in [0.5, 0.6) is 0 Å². The van der Waals surface area contributed by atoms with Crippen LogP contribution in [0.25, 0.3) is 0 Å². The van der Waals surface area contributed by atoms with Gasteiger partial charge in [-0.15, -0.1) is 0 Å². The van der Waals surface area contributed by atoms with Crippen LogP contribution in [0.1, 0.15) is 22.8 Å². The van der Waals surface area contributed by atoms with Crippen molar-refractivity contribution in [2.75, 3.05) is 5.32 Å². The number of anilines is 1. The predicted octanol–water partition coefficient (Wildman–Crippen LogP) is 1.25. The van der Waals surface area contributed by atoms with E-state index >= 15 is 0 Å². The Morgan fingerprint density at radius 2 is 2.18 bits per heavy atom. The van der Waals surface area contributed by atoms with Crippen molar-refractivity contribution in [3.8, 4) is 0 Å². The van der Waals surface area contributed by atoms with Crippen LogP contribution in [-0.4, -0.2) is 26.1 Å². The zero-order chi connectivity index (χ0) is 12.3. The molecule has 0 aliphatic heterocycles. The van der Waals surface area contributed by atoms with E-state index in [0.717, 1.165) is 5.56 Å². The number of aryl methyl sites for hydroxylation is 2. The Kier molecular flexibility index (Phi) is 3.13. The van der Waals surface area contributed by atoms with Crippen molar-refractivity contribution in [2.45, 2.75) is 20.4 Å². The molecule has 17 heavy (non-hydrogen) atoms. The lowest BCUT2D eigenvalue weighted by Gasteiger charge is -2.06. The van der Waals surface area contributed by atoms with Crippen LogP contribution < -0.4 is 5.32 Å². The van der Waals surface area contributed by atoms with Gasteiger partial charge in [0.05, 0.1) is 0 Å². The molecule has 0 fully saturated rings. The van der Waals surface area contributed by atoms with Gasteiger partial charge in [0.15, 0.2) is 0 Å². The molecule has 1 heterocycles. The molecule has 6 nitrogen and oxygen atoms in total. The monoisotopic (exact) mass is 231 g/mol. The Morgan fingerprint density at radius 1 is 1.41 bits per heavy atom. The molecule has 0 unspecified atom stereocenters. The van der Waals surface area contributed by atoms with Gasteiger partial charge in [0, 0.05) is 12.1 Å². The first-order chi connectivity index (χ1) is 8.22. The second-order valence-electron chi connectivity index (χ2n) is 3.59. The number of hydrogen-bond donors (Lipinski definition) is 1. The highest BCUT2D eigenvalue weighted by molar-refractivity contribution is 6.04. The quantitative estimate of drug-likeness (QED) is 0.862. The van der Waals surface area contributed by atoms with Gasteiger partial charge in [-0.1, -0.05) is 23.3 Å². The van der Waals surface area contributed by atoms with E-state index in [1.165, 1.54) is 4.68 Å². The summed E-state index contributed by atoms with van der Waals surface area (Å²) in [7, 11) is 0. The standard InChI is InChI=1S/C11H13N5O/c1-3-16-11(13-14-15-16)12-10(17)9-7-5-4-6-8(9)2/h4-7H,3H2,1-2H3,(H,12,13,15,17). The third-order valence-corrected chi connectivity index (χ3v) is 2.45. The summed E-state index contributed by atoms with van der Waals surface area (Å²) >= 11 is 0. The first kappa shape index (κ1) is 11.3. The van der Waals surface area contributed by atoms with Crippen LogP contribution in [0.15, 0.2) is 24.3 Å². The smallest absolute Gasteiger partial charge is 0.258 e. The van der Waals surface area contributed by atoms with E-state index in [1.54, 1.807) is 6.07 Å². The number of carbonyl (C=O) groups is 1. The largest absolute Gasteiger partial charge is 0.289 e. The summed E-state index contributed by atoms with van der Waals surface area (Å²) in [6, 6.07) is 7.37. The molecule has 0 radical (unpaired) electrons. The summed E-state index contributed by atoms with van der Waals surface area (Å²) < 4.78 is 1.52. The minimum atomic E-state index is -0.201. The molecule has 0 aliphatic carbocycles. The fraction of sp³-hybridized carbons (Fsp3) is 0.273. The molecule has 2 rings (SSSR count). The number of rotatable bonds is 3. The summed E-state index contributed by atoms with van der Waals surface area (Å²) in [5.74, 6) is 0.161. The van der Waals surface area contributed by atoms with Crippen molar-refractivity contribution in [3.05, 3.63) is 35.4 Å². The van der Waals surface area contributed by atoms with Crippen LogP contribution >= 0.6 is 0 Å². The van der Waals surface area contributed by atoms with Crippen LogP contribution in [-0.2, 0) is 6.54 Å². The van der Waals surface area contributed by atoms with Crippen molar-refractivity contribution in [2.24, 2.45) is 0 Å². The first-order valence-corrected chi connectivity index (χ1v) is 5.35. The SMILES string of the molecule is CCn1nnnc1NC(=O)c1ccccc1C. The Morgan fingerprint density at radius 3 is 2.88 bits per heavy atom. The van der Waals surface area contributed by atoms with Gasteiger partial charge in [0.2, 0.25) is 5.95 Å². The Bertz CT molecular complexity index is 534. The normalized spacial score (nSPS) is 10.2. The Hall–Kier alpha value is -2.24. The molecule has 1 aromatic carbocycles. The number of carbonyl (C=O) groups excluding carboxylic acids is 1. The third-order valence-electron chi connectivity index (χ3n) is 2.45. The van der Waals surface area contributed by atoms with Crippen LogP contribution in [0.2, 0.25) is 0 Å². The lowest BCUT2D eigenvalue weighted by atomic mass is 10.1. The highest BCUT2D eigenvalue weighted by atomic mass is 16.1. The molecular weight excluding hydrogens is 218 g/mol. The van der Waals surface area contributed by atoms with Crippen LogP contribution in [0.4, 0.5) is 5.95 Å². The van der Waals surface area contributed by atoms with Crippen molar-refractivity contribution in [3.63, 3.8) is 0 Å². The molecule has 0 saturated carbocycles. The number of aromatic nitrogens is 4. The Labute approximate surface area is 98.6 Å². The predicted molar refractivity (Wildman–Crippen MR) is 62.6 cm³/mol. The number of hydrogen-bond acceptors (Lipinski definition) is 4. The van der Waals surface area contributed by atoms with E-state index in [-0.39, 0.29) is 5.91 Å². The first-order valence-electron chi connectivity index (χ1n) is 5.35. The molecule has 0 aliphatic rings. The molecule has 0 bridgehead atoms. The average molecular weight is 231 g/mol. The molecule has 0 saturated heterocycles. The van der Waals surface area contributed by atoms with Gasteiger partial charge in [-0.2, -0.15) is 0 Å². The van der Waals surface area contributed by atoms with E-state index in [2.05, 4.69) is 20.8 Å². The highest BCUT2D eigenvalue weighted by Gasteiger charge is 2.12. The maximum absolute atomic E-state index is 12.0. The molecule has 88 valence electrons. The van der Waals surface area contributed by atoms with Crippen molar-refractivity contribution in [1.82, 2.24) is 20.2 Å². The van der Waals surface area contributed by atoms with Gasteiger partial charge in [0.25, 0.3) is 5.91 Å². The summed E-state index contributed by atoms with van der Waals surface area (Å²) in [6.45, 7) is 4.40. The van der Waals surface area contributed by atoms with E-state index in [9.17, 15) is 4.79 Å². The molecule has 1 aromatic heterocycles. The molecule has 0 atom stereocenters. The highest BCUT2D eigenvalue weighted by Crippen LogP contribution is 2.09. The number of nitrogens with one attached hydrogen (secondary N) is 1. The summed E-state index contributed by atoms with van der Waals surface area (Å²) in [5.41, 5.74) is 1.54. The van der Waals surface area contributed by atoms with Crippen LogP contribution in [0.3, 0.4) is 0 Å². The fourth-order valence-corrected chi connectivity index (χ4v) is 1.50. The lowest BCUT2D eigenvalue weighted by molar-refractivity contribution is 0.102. The number of nitrogens with zero attached hydrogens (tertiary/aromatic N) is 4. The van der Waals surface area contributed by atoms with Gasteiger partial charge in [0.1, 0.15) is 0 Å². The number of amides is 1. The zero-order valence-corrected chi connectivity index (χ0v) is 9.71. The Balaban J connectivity index is 2.20. The number of tetrazole rings is 1. The fourth-order valence-electron chi connectivity index (χ4n) is 1.50. The average Bonchev–Trinajstić information content (AvgIpc) is 2.76. The van der Waals surface area contributed by atoms with E-state index in [0.29, 0.717) is 18.1 Å². The lowest BCUT2D eigenvalue weighted by Crippen LogP contribution is -2.17. The molecule has 6 heteroatoms. The number of benzene rings is 1. The topological polar surface area (TPSA) is 72.7 Å². The van der Waals surface area contributed by atoms with E-state index in [4.69, 9.17) is 0 Å². The minimum Gasteiger partial charge on any atom is -0.289 e. The summed E-state index contributed by atoms with van der Waals surface area (Å²) in [6.07, 6.45) is 0. The molecule has 2 aromatic rings.